The van der Waals surface area contributed by atoms with Crippen molar-refractivity contribution in [3.8, 4) is 5.92 Å². The quantitative estimate of drug-likeness (QED) is 0.0611. The van der Waals surface area contributed by atoms with E-state index in [9.17, 15) is 0 Å². The van der Waals surface area contributed by atoms with Crippen molar-refractivity contribution in [2.75, 3.05) is 41.9 Å². The van der Waals surface area contributed by atoms with E-state index in [1.54, 1.807) is 11.3 Å². The van der Waals surface area contributed by atoms with Gasteiger partial charge in [-0.2, -0.15) is 0 Å². The SMILES string of the molecule is CCP(CC)CC.CCP(CC)CC.I.[C]#Cc1ccc(C=C(c2ccc(N(c3ccccc3)c3ccccc3)cc2)c2ccc([NH+](c3ccccc3)c3ccccc3)cc2)s1.[Pt]. The molecule has 1 radical (unpaired) electrons. The monoisotopic (exact) mass is 1180 g/mol. The first kappa shape index (κ1) is 53.7. The minimum Gasteiger partial charge on any atom is -0.311 e. The van der Waals surface area contributed by atoms with E-state index in [1.807, 2.05) is 18.2 Å². The van der Waals surface area contributed by atoms with Gasteiger partial charge < -0.3 is 4.90 Å². The molecule has 1 heterocycles. The topological polar surface area (TPSA) is 7.68 Å². The summed E-state index contributed by atoms with van der Waals surface area (Å²) >= 11 is 1.57. The fourth-order valence-corrected chi connectivity index (χ4v) is 10.7. The average molecular weight is 1180 g/mol. The van der Waals surface area contributed by atoms with Gasteiger partial charge in [0, 0.05) is 55.1 Å². The van der Waals surface area contributed by atoms with Crippen LogP contribution in [-0.2, 0) is 21.1 Å². The Balaban J connectivity index is 0.000000573. The molecule has 0 saturated heterocycles. The Morgan fingerprint density at radius 2 is 0.841 bits per heavy atom. The number of hydrogen-bond acceptors (Lipinski definition) is 2. The van der Waals surface area contributed by atoms with E-state index < -0.39 is 0 Å². The summed E-state index contributed by atoms with van der Waals surface area (Å²) in [6.45, 7) is 13.7. The number of nitrogens with one attached hydrogen (secondary N) is 1. The molecule has 0 spiro atoms. The Morgan fingerprint density at radius 3 is 1.19 bits per heavy atom. The molecule has 7 aromatic rings. The van der Waals surface area contributed by atoms with Crippen molar-refractivity contribution < 1.29 is 26.0 Å². The molecule has 7 rings (SSSR count). The molecule has 0 atom stereocenters. The molecule has 7 heteroatoms. The van der Waals surface area contributed by atoms with Gasteiger partial charge in [-0.3, -0.25) is 0 Å². The van der Waals surface area contributed by atoms with Crippen LogP contribution in [0.5, 0.6) is 0 Å². The summed E-state index contributed by atoms with van der Waals surface area (Å²) in [4.78, 5) is 5.38. The smallest absolute Gasteiger partial charge is 0.141 e. The molecule has 1 aromatic heterocycles. The van der Waals surface area contributed by atoms with Gasteiger partial charge in [-0.1, -0.05) is 126 Å². The zero-order chi connectivity index (χ0) is 43.2. The van der Waals surface area contributed by atoms with Gasteiger partial charge in [0.1, 0.15) is 17.1 Å². The van der Waals surface area contributed by atoms with Crippen molar-refractivity contribution in [3.05, 3.63) is 209 Å². The Morgan fingerprint density at radius 1 is 0.492 bits per heavy atom. The molecular weight excluding hydrogens is 1120 g/mol. The molecule has 329 valence electrons. The standard InChI is InChI=1S/C44H31N2S.2C6H15P.HI.Pt/c1-2-42-31-32-43(47-42)33-44(34-23-27-40(28-24-34)45(36-15-7-3-8-16-36)37-17-9-4-10-18-37)35-25-29-41(30-26-35)46(38-19-11-5-12-20-38)39-21-13-6-14-22-39;2*1-4-7(5-2)6-3;;/h3-33H;2*4-6H2,1-3H3;1H;/p+1. The summed E-state index contributed by atoms with van der Waals surface area (Å²) in [7, 11) is 0.892. The van der Waals surface area contributed by atoms with E-state index in [2.05, 4.69) is 222 Å². The number of nitrogens with zero attached hydrogens (tertiary/aromatic N) is 1. The third kappa shape index (κ3) is 16.1. The van der Waals surface area contributed by atoms with Crippen LogP contribution in [-0.4, -0.2) is 37.0 Å². The number of quaternary nitrogens is 1. The number of anilines is 3. The Kier molecular flexibility index (Phi) is 25.3. The predicted molar refractivity (Wildman–Crippen MR) is 290 cm³/mol. The zero-order valence-corrected chi connectivity index (χ0v) is 44.8. The van der Waals surface area contributed by atoms with Gasteiger partial charge in [0.05, 0.1) is 4.88 Å². The van der Waals surface area contributed by atoms with Crippen LogP contribution in [0.25, 0.3) is 11.6 Å². The predicted octanol–water partition coefficient (Wildman–Crippen LogP) is 16.6. The van der Waals surface area contributed by atoms with Crippen LogP contribution in [0, 0.1) is 12.3 Å². The molecular formula is C56H63IN2P2PtS+. The number of benzene rings is 6. The first-order valence-corrected chi connectivity index (χ1v) is 26.4. The van der Waals surface area contributed by atoms with E-state index in [1.165, 1.54) is 58.9 Å². The minimum atomic E-state index is 0. The largest absolute Gasteiger partial charge is 0.311 e. The summed E-state index contributed by atoms with van der Waals surface area (Å²) in [6, 6.07) is 63.8. The van der Waals surface area contributed by atoms with Crippen LogP contribution < -0.4 is 9.80 Å². The van der Waals surface area contributed by atoms with Crippen molar-refractivity contribution in [2.24, 2.45) is 0 Å². The van der Waals surface area contributed by atoms with Crippen molar-refractivity contribution in [1.82, 2.24) is 0 Å². The van der Waals surface area contributed by atoms with Gasteiger partial charge >= 0.3 is 0 Å². The fraction of sp³-hybridized carbons (Fsp3) is 0.214. The molecule has 63 heavy (non-hydrogen) atoms. The van der Waals surface area contributed by atoms with Crippen LogP contribution in [0.2, 0.25) is 0 Å². The number of halogens is 1. The molecule has 6 aromatic carbocycles. The maximum atomic E-state index is 7.61. The van der Waals surface area contributed by atoms with Crippen LogP contribution in [0.3, 0.4) is 0 Å². The maximum Gasteiger partial charge on any atom is 0.141 e. The molecule has 0 amide bonds. The third-order valence-electron chi connectivity index (χ3n) is 10.8. The van der Waals surface area contributed by atoms with Crippen LogP contribution >= 0.6 is 51.2 Å². The number of thiophene rings is 1. The fourth-order valence-electron chi connectivity index (χ4n) is 7.23. The second-order valence-corrected chi connectivity index (χ2v) is 22.0. The molecule has 0 unspecified atom stereocenters. The summed E-state index contributed by atoms with van der Waals surface area (Å²) in [5, 5.41) is 0. The molecule has 0 aliphatic rings. The van der Waals surface area contributed by atoms with E-state index in [4.69, 9.17) is 6.42 Å². The Labute approximate surface area is 418 Å². The second kappa shape index (κ2) is 29.7. The van der Waals surface area contributed by atoms with Crippen molar-refractivity contribution in [1.29, 1.82) is 0 Å². The maximum absolute atomic E-state index is 7.61. The number of hydrogen-bond donors (Lipinski definition) is 1. The van der Waals surface area contributed by atoms with Crippen LogP contribution in [0.4, 0.5) is 34.1 Å². The molecule has 0 bridgehead atoms. The normalized spacial score (nSPS) is 10.7. The van der Waals surface area contributed by atoms with Crippen molar-refractivity contribution >= 4 is 96.9 Å². The first-order valence-electron chi connectivity index (χ1n) is 21.7. The van der Waals surface area contributed by atoms with Crippen molar-refractivity contribution in [3.63, 3.8) is 0 Å². The van der Waals surface area contributed by atoms with Gasteiger partial charge in [0.2, 0.25) is 0 Å². The molecule has 0 aliphatic heterocycles. The summed E-state index contributed by atoms with van der Waals surface area (Å²) in [6.07, 6.45) is 18.3. The van der Waals surface area contributed by atoms with E-state index in [0.717, 1.165) is 43.5 Å². The van der Waals surface area contributed by atoms with Gasteiger partial charge in [-0.25, -0.2) is 4.90 Å². The Hall–Kier alpha value is -3.64. The van der Waals surface area contributed by atoms with E-state index >= 15 is 0 Å². The van der Waals surface area contributed by atoms with Gasteiger partial charge in [-0.15, -0.1) is 51.2 Å². The van der Waals surface area contributed by atoms with Gasteiger partial charge in [-0.05, 0) is 157 Å². The molecule has 2 nitrogen and oxygen atoms in total. The molecule has 0 saturated carbocycles. The van der Waals surface area contributed by atoms with E-state index in [-0.39, 0.29) is 45.0 Å². The number of rotatable bonds is 15. The van der Waals surface area contributed by atoms with E-state index in [0.29, 0.717) is 15.8 Å². The average Bonchev–Trinajstić information content (AvgIpc) is 3.80. The number of para-hydroxylation sites is 4. The summed E-state index contributed by atoms with van der Waals surface area (Å²) in [5.74, 6) is 2.53. The van der Waals surface area contributed by atoms with Crippen LogP contribution in [0.15, 0.2) is 182 Å². The van der Waals surface area contributed by atoms with Gasteiger partial charge in [0.25, 0.3) is 0 Å². The summed E-state index contributed by atoms with van der Waals surface area (Å²) in [5.41, 5.74) is 10.2. The third-order valence-corrected chi connectivity index (χ3v) is 17.1. The zero-order valence-electron chi connectivity index (χ0n) is 37.6. The van der Waals surface area contributed by atoms with Crippen molar-refractivity contribution in [2.45, 2.75) is 41.5 Å². The molecule has 0 aliphatic carbocycles. The van der Waals surface area contributed by atoms with Crippen LogP contribution in [0.1, 0.15) is 62.4 Å². The minimum absolute atomic E-state index is 0. The molecule has 0 fully saturated rings. The van der Waals surface area contributed by atoms with Gasteiger partial charge in [0.15, 0.2) is 0 Å². The molecule has 1 N–H and O–H groups in total. The Bertz CT molecular complexity index is 2110. The summed E-state index contributed by atoms with van der Waals surface area (Å²) < 4.78 is 0. The first-order chi connectivity index (χ1) is 30.0. The second-order valence-electron chi connectivity index (χ2n) is 14.4.